The number of nitrogens with zero attached hydrogens (tertiary/aromatic N) is 1. The quantitative estimate of drug-likeness (QED) is 0.793. The van der Waals surface area contributed by atoms with E-state index in [1.807, 2.05) is 19.9 Å². The Hall–Kier alpha value is -1.61. The van der Waals surface area contributed by atoms with Gasteiger partial charge in [0.05, 0.1) is 4.90 Å². The van der Waals surface area contributed by atoms with E-state index in [0.717, 1.165) is 16.0 Å². The standard InChI is InChI=1S/C19H27F3N2O3S/c1-12-11-13(2)15(4)18(14(12)3)28(26,27)23-9-8-17(25)24-10-6-5-7-16(24)19(20,21)22/h11,16,23H,5-10H2,1-4H3. The lowest BCUT2D eigenvalue weighted by atomic mass is 10.0. The molecule has 5 nitrogen and oxygen atoms in total. The summed E-state index contributed by atoms with van der Waals surface area (Å²) in [4.78, 5) is 13.3. The van der Waals surface area contributed by atoms with E-state index in [-0.39, 0.29) is 30.8 Å². The van der Waals surface area contributed by atoms with Gasteiger partial charge in [-0.3, -0.25) is 4.79 Å². The highest BCUT2D eigenvalue weighted by molar-refractivity contribution is 7.89. The van der Waals surface area contributed by atoms with Crippen LogP contribution in [0.4, 0.5) is 13.2 Å². The number of benzene rings is 1. The minimum Gasteiger partial charge on any atom is -0.331 e. The van der Waals surface area contributed by atoms with Gasteiger partial charge in [0, 0.05) is 19.5 Å². The molecular formula is C19H27F3N2O3S. The molecule has 0 bridgehead atoms. The van der Waals surface area contributed by atoms with E-state index in [4.69, 9.17) is 0 Å². The number of carbonyl (C=O) groups excluding carboxylic acids is 1. The van der Waals surface area contributed by atoms with Crippen molar-refractivity contribution in [3.63, 3.8) is 0 Å². The van der Waals surface area contributed by atoms with Gasteiger partial charge in [0.2, 0.25) is 15.9 Å². The molecule has 1 aromatic rings. The number of alkyl halides is 3. The van der Waals surface area contributed by atoms with E-state index in [2.05, 4.69) is 4.72 Å². The molecule has 1 aromatic carbocycles. The van der Waals surface area contributed by atoms with Crippen LogP contribution in [0.15, 0.2) is 11.0 Å². The first-order chi connectivity index (χ1) is 12.9. The number of hydrogen-bond acceptors (Lipinski definition) is 3. The van der Waals surface area contributed by atoms with Gasteiger partial charge in [-0.25, -0.2) is 13.1 Å². The average molecular weight is 420 g/mol. The molecular weight excluding hydrogens is 393 g/mol. The van der Waals surface area contributed by atoms with E-state index >= 15 is 0 Å². The van der Waals surface area contributed by atoms with Crippen LogP contribution in [0.2, 0.25) is 0 Å². The highest BCUT2D eigenvalue weighted by atomic mass is 32.2. The third-order valence-electron chi connectivity index (χ3n) is 5.40. The van der Waals surface area contributed by atoms with Crippen LogP contribution in [0.25, 0.3) is 0 Å². The number of sulfonamides is 1. The van der Waals surface area contributed by atoms with Gasteiger partial charge < -0.3 is 4.90 Å². The van der Waals surface area contributed by atoms with Crippen LogP contribution >= 0.6 is 0 Å². The summed E-state index contributed by atoms with van der Waals surface area (Å²) in [5.74, 6) is -0.682. The molecule has 158 valence electrons. The van der Waals surface area contributed by atoms with Gasteiger partial charge in [0.1, 0.15) is 6.04 Å². The maximum Gasteiger partial charge on any atom is 0.408 e. The highest BCUT2D eigenvalue weighted by Crippen LogP contribution is 2.32. The molecule has 1 fully saturated rings. The Balaban J connectivity index is 2.09. The van der Waals surface area contributed by atoms with Gasteiger partial charge in [0.25, 0.3) is 0 Å². The lowest BCUT2D eigenvalue weighted by molar-refractivity contribution is -0.195. The van der Waals surface area contributed by atoms with Crippen molar-refractivity contribution in [1.82, 2.24) is 9.62 Å². The van der Waals surface area contributed by atoms with Crippen LogP contribution in [-0.4, -0.2) is 44.5 Å². The molecule has 1 saturated heterocycles. The first kappa shape index (κ1) is 22.7. The van der Waals surface area contributed by atoms with Crippen molar-refractivity contribution in [3.8, 4) is 0 Å². The van der Waals surface area contributed by atoms with E-state index in [0.29, 0.717) is 24.0 Å². The zero-order valence-electron chi connectivity index (χ0n) is 16.6. The van der Waals surface area contributed by atoms with Crippen molar-refractivity contribution in [2.24, 2.45) is 0 Å². The maximum atomic E-state index is 13.1. The molecule has 0 spiro atoms. The minimum absolute atomic E-state index is 0.0467. The van der Waals surface area contributed by atoms with Crippen molar-refractivity contribution in [3.05, 3.63) is 28.3 Å². The fraction of sp³-hybridized carbons (Fsp3) is 0.632. The number of halogens is 3. The molecule has 1 atom stereocenters. The largest absolute Gasteiger partial charge is 0.408 e. The normalized spacial score (nSPS) is 18.4. The Bertz CT molecular complexity index is 825. The Morgan fingerprint density at radius 2 is 1.71 bits per heavy atom. The highest BCUT2D eigenvalue weighted by Gasteiger charge is 2.46. The van der Waals surface area contributed by atoms with Crippen LogP contribution in [-0.2, 0) is 14.8 Å². The average Bonchev–Trinajstić information content (AvgIpc) is 2.59. The summed E-state index contributed by atoms with van der Waals surface area (Å²) in [6.45, 7) is 6.86. The summed E-state index contributed by atoms with van der Waals surface area (Å²) < 4.78 is 67.3. The third-order valence-corrected chi connectivity index (χ3v) is 7.13. The summed E-state index contributed by atoms with van der Waals surface area (Å²) in [5, 5.41) is 0. The number of likely N-dealkylation sites (tertiary alicyclic amines) is 1. The summed E-state index contributed by atoms with van der Waals surface area (Å²) in [7, 11) is -3.88. The molecule has 0 radical (unpaired) electrons. The Morgan fingerprint density at radius 3 is 2.25 bits per heavy atom. The first-order valence-corrected chi connectivity index (χ1v) is 10.8. The van der Waals surface area contributed by atoms with Crippen molar-refractivity contribution in [1.29, 1.82) is 0 Å². The van der Waals surface area contributed by atoms with Crippen molar-refractivity contribution < 1.29 is 26.4 Å². The van der Waals surface area contributed by atoms with Crippen LogP contribution < -0.4 is 4.72 Å². The number of carbonyl (C=O) groups is 1. The second kappa shape index (κ2) is 8.41. The molecule has 0 saturated carbocycles. The molecule has 1 amide bonds. The molecule has 28 heavy (non-hydrogen) atoms. The van der Waals surface area contributed by atoms with Gasteiger partial charge in [0.15, 0.2) is 0 Å². The molecule has 2 rings (SSSR count). The zero-order chi connectivity index (χ0) is 21.3. The Labute approximate surface area is 164 Å². The third kappa shape index (κ3) is 4.86. The fourth-order valence-corrected chi connectivity index (χ4v) is 5.31. The number of piperidine rings is 1. The fourth-order valence-electron chi connectivity index (χ4n) is 3.66. The molecule has 1 aliphatic rings. The summed E-state index contributed by atoms with van der Waals surface area (Å²) >= 11 is 0. The van der Waals surface area contributed by atoms with Crippen molar-refractivity contribution in [2.45, 2.75) is 70.5 Å². The van der Waals surface area contributed by atoms with Gasteiger partial charge in [-0.2, -0.15) is 13.2 Å². The van der Waals surface area contributed by atoms with Crippen LogP contribution in [0.3, 0.4) is 0 Å². The van der Waals surface area contributed by atoms with Crippen LogP contribution in [0, 0.1) is 27.7 Å². The number of hydrogen-bond donors (Lipinski definition) is 1. The number of amides is 1. The topological polar surface area (TPSA) is 66.5 Å². The molecule has 0 aliphatic carbocycles. The Kier molecular flexibility index (Phi) is 6.81. The lowest BCUT2D eigenvalue weighted by Crippen LogP contribution is -2.51. The van der Waals surface area contributed by atoms with Gasteiger partial charge >= 0.3 is 6.18 Å². The number of aryl methyl sites for hydroxylation is 2. The lowest BCUT2D eigenvalue weighted by Gasteiger charge is -2.36. The van der Waals surface area contributed by atoms with Crippen LogP contribution in [0.5, 0.6) is 0 Å². The van der Waals surface area contributed by atoms with Gasteiger partial charge in [-0.1, -0.05) is 6.07 Å². The number of nitrogens with one attached hydrogen (secondary N) is 1. The van der Waals surface area contributed by atoms with Gasteiger partial charge in [-0.05, 0) is 69.2 Å². The SMILES string of the molecule is Cc1cc(C)c(C)c(S(=O)(=O)NCCC(=O)N2CCCCC2C(F)(F)F)c1C. The Morgan fingerprint density at radius 1 is 1.14 bits per heavy atom. The van der Waals surface area contributed by atoms with E-state index < -0.39 is 28.1 Å². The molecule has 1 heterocycles. The molecule has 0 aromatic heterocycles. The predicted molar refractivity (Wildman–Crippen MR) is 101 cm³/mol. The van der Waals surface area contributed by atoms with E-state index in [1.54, 1.807) is 13.8 Å². The monoisotopic (exact) mass is 420 g/mol. The van der Waals surface area contributed by atoms with Crippen molar-refractivity contribution in [2.75, 3.05) is 13.1 Å². The minimum atomic E-state index is -4.47. The molecule has 1 aliphatic heterocycles. The second-order valence-electron chi connectivity index (χ2n) is 7.38. The summed E-state index contributed by atoms with van der Waals surface area (Å²) in [6.07, 6.45) is -3.95. The summed E-state index contributed by atoms with van der Waals surface area (Å²) in [6, 6.07) is 0.121. The molecule has 1 unspecified atom stereocenters. The van der Waals surface area contributed by atoms with E-state index in [1.165, 1.54) is 0 Å². The zero-order valence-corrected chi connectivity index (χ0v) is 17.4. The van der Waals surface area contributed by atoms with Crippen LogP contribution in [0.1, 0.15) is 47.9 Å². The smallest absolute Gasteiger partial charge is 0.331 e. The first-order valence-electron chi connectivity index (χ1n) is 9.29. The number of rotatable bonds is 5. The van der Waals surface area contributed by atoms with Crippen molar-refractivity contribution >= 4 is 15.9 Å². The predicted octanol–water partition coefficient (Wildman–Crippen LogP) is 3.53. The second-order valence-corrected chi connectivity index (χ2v) is 9.08. The van der Waals surface area contributed by atoms with Gasteiger partial charge in [-0.15, -0.1) is 0 Å². The molecule has 1 N–H and O–H groups in total. The maximum absolute atomic E-state index is 13.1. The summed E-state index contributed by atoms with van der Waals surface area (Å²) in [5.41, 5.74) is 2.91. The molecule has 9 heteroatoms. The van der Waals surface area contributed by atoms with E-state index in [9.17, 15) is 26.4 Å².